The molecule has 1 aromatic heterocycles. The van der Waals surface area contributed by atoms with Gasteiger partial charge in [-0.1, -0.05) is 0 Å². The van der Waals surface area contributed by atoms with Gasteiger partial charge >= 0.3 is 0 Å². The van der Waals surface area contributed by atoms with Gasteiger partial charge in [-0.15, -0.1) is 0 Å². The lowest BCUT2D eigenvalue weighted by Gasteiger charge is -2.32. The number of carbonyl (C=O) groups is 1. The zero-order valence-corrected chi connectivity index (χ0v) is 12.6. The topological polar surface area (TPSA) is 48.6 Å². The van der Waals surface area contributed by atoms with E-state index >= 15 is 0 Å². The molecule has 1 amide bonds. The fourth-order valence-corrected chi connectivity index (χ4v) is 2.77. The summed E-state index contributed by atoms with van der Waals surface area (Å²) in [7, 11) is 3.75. The summed E-state index contributed by atoms with van der Waals surface area (Å²) in [6, 6.07) is 5.90. The maximum absolute atomic E-state index is 12.4. The Morgan fingerprint density at radius 2 is 2.05 bits per heavy atom. The van der Waals surface area contributed by atoms with E-state index in [4.69, 9.17) is 4.74 Å². The predicted molar refractivity (Wildman–Crippen MR) is 82.6 cm³/mol. The zero-order chi connectivity index (χ0) is 14.8. The Morgan fingerprint density at radius 3 is 2.76 bits per heavy atom. The van der Waals surface area contributed by atoms with Crippen LogP contribution in [0.5, 0.6) is 5.75 Å². The minimum atomic E-state index is 0.208. The minimum absolute atomic E-state index is 0.208. The van der Waals surface area contributed by atoms with Gasteiger partial charge in [0.05, 0.1) is 13.5 Å². The SMILES string of the molecule is COc1ccc2c(CC(=O)N3CCN(C)CC3)c[nH]c2c1. The van der Waals surface area contributed by atoms with Crippen molar-refractivity contribution in [1.29, 1.82) is 0 Å². The highest BCUT2D eigenvalue weighted by Crippen LogP contribution is 2.24. The molecule has 5 nitrogen and oxygen atoms in total. The van der Waals surface area contributed by atoms with Crippen LogP contribution in [-0.2, 0) is 11.2 Å². The van der Waals surface area contributed by atoms with Gasteiger partial charge in [-0.3, -0.25) is 4.79 Å². The molecule has 1 aliphatic heterocycles. The molecule has 21 heavy (non-hydrogen) atoms. The Morgan fingerprint density at radius 1 is 1.29 bits per heavy atom. The van der Waals surface area contributed by atoms with Crippen molar-refractivity contribution in [1.82, 2.24) is 14.8 Å². The molecule has 2 aromatic rings. The van der Waals surface area contributed by atoms with Crippen LogP contribution in [0, 0.1) is 0 Å². The van der Waals surface area contributed by atoms with Gasteiger partial charge in [-0.2, -0.15) is 0 Å². The lowest BCUT2D eigenvalue weighted by atomic mass is 10.1. The molecule has 1 N–H and O–H groups in total. The molecule has 3 rings (SSSR count). The van der Waals surface area contributed by atoms with Crippen LogP contribution in [0.3, 0.4) is 0 Å². The first-order valence-electron chi connectivity index (χ1n) is 7.27. The van der Waals surface area contributed by atoms with Gasteiger partial charge in [-0.05, 0) is 24.7 Å². The van der Waals surface area contributed by atoms with Crippen LogP contribution >= 0.6 is 0 Å². The van der Waals surface area contributed by atoms with Gasteiger partial charge in [-0.25, -0.2) is 0 Å². The lowest BCUT2D eigenvalue weighted by Crippen LogP contribution is -2.47. The number of fused-ring (bicyclic) bond motifs is 1. The first-order valence-corrected chi connectivity index (χ1v) is 7.27. The average Bonchev–Trinajstić information content (AvgIpc) is 2.90. The van der Waals surface area contributed by atoms with Crippen LogP contribution in [-0.4, -0.2) is 61.0 Å². The molecule has 1 saturated heterocycles. The second kappa shape index (κ2) is 5.77. The van der Waals surface area contributed by atoms with E-state index in [1.165, 1.54) is 0 Å². The molecule has 0 radical (unpaired) electrons. The number of aromatic nitrogens is 1. The first kappa shape index (κ1) is 13.9. The minimum Gasteiger partial charge on any atom is -0.497 e. The molecule has 2 heterocycles. The molecule has 0 saturated carbocycles. The Labute approximate surface area is 124 Å². The number of hydrogen-bond donors (Lipinski definition) is 1. The van der Waals surface area contributed by atoms with Crippen molar-refractivity contribution in [2.45, 2.75) is 6.42 Å². The van der Waals surface area contributed by atoms with Crippen molar-refractivity contribution in [3.05, 3.63) is 30.0 Å². The number of nitrogens with one attached hydrogen (secondary N) is 1. The van der Waals surface area contributed by atoms with Gasteiger partial charge in [0, 0.05) is 49.3 Å². The highest BCUT2D eigenvalue weighted by Gasteiger charge is 2.20. The van der Waals surface area contributed by atoms with Gasteiger partial charge < -0.3 is 19.5 Å². The zero-order valence-electron chi connectivity index (χ0n) is 12.6. The number of H-pyrrole nitrogens is 1. The number of carbonyl (C=O) groups excluding carboxylic acids is 1. The highest BCUT2D eigenvalue weighted by molar-refractivity contribution is 5.89. The molecule has 0 aliphatic carbocycles. The third-order valence-electron chi connectivity index (χ3n) is 4.17. The van der Waals surface area contributed by atoms with Crippen molar-refractivity contribution < 1.29 is 9.53 Å². The van der Waals surface area contributed by atoms with Gasteiger partial charge in [0.15, 0.2) is 0 Å². The van der Waals surface area contributed by atoms with E-state index in [1.807, 2.05) is 29.3 Å². The predicted octanol–water partition coefficient (Wildman–Crippen LogP) is 1.49. The van der Waals surface area contributed by atoms with Gasteiger partial charge in [0.25, 0.3) is 0 Å². The van der Waals surface area contributed by atoms with E-state index < -0.39 is 0 Å². The number of ether oxygens (including phenoxy) is 1. The molecule has 5 heteroatoms. The molecule has 0 unspecified atom stereocenters. The summed E-state index contributed by atoms with van der Waals surface area (Å²) in [6.07, 6.45) is 2.38. The number of amides is 1. The first-order chi connectivity index (χ1) is 10.2. The second-order valence-corrected chi connectivity index (χ2v) is 5.59. The standard InChI is InChI=1S/C16H21N3O2/c1-18-5-7-19(8-6-18)16(20)9-12-11-17-15-10-13(21-2)3-4-14(12)15/h3-4,10-11,17H,5-9H2,1-2H3. The molecule has 0 atom stereocenters. The number of aromatic amines is 1. The summed E-state index contributed by atoms with van der Waals surface area (Å²) in [5, 5.41) is 1.10. The molecular formula is C16H21N3O2. The van der Waals surface area contributed by atoms with Crippen LogP contribution in [0.1, 0.15) is 5.56 Å². The normalized spacial score (nSPS) is 16.4. The van der Waals surface area contributed by atoms with E-state index in [9.17, 15) is 4.79 Å². The van der Waals surface area contributed by atoms with Crippen LogP contribution in [0.4, 0.5) is 0 Å². The fraction of sp³-hybridized carbons (Fsp3) is 0.438. The number of nitrogens with zero attached hydrogens (tertiary/aromatic N) is 2. The molecular weight excluding hydrogens is 266 g/mol. The monoisotopic (exact) mass is 287 g/mol. The van der Waals surface area contributed by atoms with Crippen molar-refractivity contribution in [2.75, 3.05) is 40.3 Å². The Bertz CT molecular complexity index is 642. The summed E-state index contributed by atoms with van der Waals surface area (Å²) in [5.74, 6) is 1.03. The average molecular weight is 287 g/mol. The van der Waals surface area contributed by atoms with Crippen molar-refractivity contribution in [2.24, 2.45) is 0 Å². The molecule has 112 valence electrons. The quantitative estimate of drug-likeness (QED) is 0.930. The molecule has 1 aromatic carbocycles. The maximum atomic E-state index is 12.4. The Kier molecular flexibility index (Phi) is 3.84. The smallest absolute Gasteiger partial charge is 0.227 e. The fourth-order valence-electron chi connectivity index (χ4n) is 2.77. The molecule has 1 fully saturated rings. The van der Waals surface area contributed by atoms with E-state index in [0.29, 0.717) is 6.42 Å². The van der Waals surface area contributed by atoms with E-state index in [-0.39, 0.29) is 5.91 Å². The Balaban J connectivity index is 1.74. The van der Waals surface area contributed by atoms with Gasteiger partial charge in [0.2, 0.25) is 5.91 Å². The summed E-state index contributed by atoms with van der Waals surface area (Å²) in [5.41, 5.74) is 2.06. The van der Waals surface area contributed by atoms with Crippen LogP contribution in [0.25, 0.3) is 10.9 Å². The number of likely N-dealkylation sites (N-methyl/N-ethyl adjacent to an activating group) is 1. The highest BCUT2D eigenvalue weighted by atomic mass is 16.5. The van der Waals surface area contributed by atoms with Crippen LogP contribution in [0.15, 0.2) is 24.4 Å². The summed E-state index contributed by atoms with van der Waals surface area (Å²) in [4.78, 5) is 19.8. The van der Waals surface area contributed by atoms with Crippen LogP contribution in [0.2, 0.25) is 0 Å². The number of benzene rings is 1. The number of rotatable bonds is 3. The van der Waals surface area contributed by atoms with Gasteiger partial charge in [0.1, 0.15) is 5.75 Å². The summed E-state index contributed by atoms with van der Waals surface area (Å²) in [6.45, 7) is 3.56. The van der Waals surface area contributed by atoms with Crippen molar-refractivity contribution in [3.63, 3.8) is 0 Å². The van der Waals surface area contributed by atoms with Crippen molar-refractivity contribution >= 4 is 16.8 Å². The molecule has 1 aliphatic rings. The van der Waals surface area contributed by atoms with E-state index in [1.54, 1.807) is 7.11 Å². The number of piperazine rings is 1. The second-order valence-electron chi connectivity index (χ2n) is 5.59. The molecule has 0 spiro atoms. The van der Waals surface area contributed by atoms with E-state index in [0.717, 1.165) is 48.4 Å². The Hall–Kier alpha value is -2.01. The maximum Gasteiger partial charge on any atom is 0.227 e. The lowest BCUT2D eigenvalue weighted by molar-refractivity contribution is -0.132. The summed E-state index contributed by atoms with van der Waals surface area (Å²) >= 11 is 0. The largest absolute Gasteiger partial charge is 0.497 e. The number of methoxy groups -OCH3 is 1. The van der Waals surface area contributed by atoms with Crippen molar-refractivity contribution in [3.8, 4) is 5.75 Å². The third-order valence-corrected chi connectivity index (χ3v) is 4.17. The third kappa shape index (κ3) is 2.88. The van der Waals surface area contributed by atoms with Crippen LogP contribution < -0.4 is 4.74 Å². The number of hydrogen-bond acceptors (Lipinski definition) is 3. The molecule has 0 bridgehead atoms. The van der Waals surface area contributed by atoms with E-state index in [2.05, 4.69) is 16.9 Å². The summed E-state index contributed by atoms with van der Waals surface area (Å²) < 4.78 is 5.22.